The Morgan fingerprint density at radius 2 is 1.88 bits per heavy atom. The van der Waals surface area contributed by atoms with E-state index in [1.807, 2.05) is 43.5 Å². The molecule has 0 radical (unpaired) electrons. The number of carbonyl (C=O) groups is 1. The van der Waals surface area contributed by atoms with E-state index >= 15 is 0 Å². The van der Waals surface area contributed by atoms with Crippen LogP contribution in [0.15, 0.2) is 59.7 Å². The van der Waals surface area contributed by atoms with Gasteiger partial charge in [0.05, 0.1) is 31.9 Å². The fourth-order valence-electron chi connectivity index (χ4n) is 3.63. The van der Waals surface area contributed by atoms with Crippen LogP contribution in [0.1, 0.15) is 22.8 Å². The monoisotopic (exact) mass is 457 g/mol. The Kier molecular flexibility index (Phi) is 8.81. The number of thioether (sulfide) groups is 1. The molecule has 1 saturated heterocycles. The number of hydrogen-bond acceptors (Lipinski definition) is 7. The van der Waals surface area contributed by atoms with E-state index < -0.39 is 24.3 Å². The van der Waals surface area contributed by atoms with Crippen molar-refractivity contribution in [3.63, 3.8) is 0 Å². The first kappa shape index (κ1) is 23.9. The Bertz CT molecular complexity index is 921. The molecule has 1 heterocycles. The predicted octanol–water partition coefficient (Wildman–Crippen LogP) is 4.84. The van der Waals surface area contributed by atoms with Crippen LogP contribution in [-0.4, -0.2) is 49.6 Å². The van der Waals surface area contributed by atoms with Crippen molar-refractivity contribution in [3.8, 4) is 5.75 Å². The molecule has 3 rings (SSSR count). The van der Waals surface area contributed by atoms with Gasteiger partial charge >= 0.3 is 5.97 Å². The summed E-state index contributed by atoms with van der Waals surface area (Å²) in [6, 6.07) is 16.4. The van der Waals surface area contributed by atoms with E-state index in [9.17, 15) is 4.79 Å². The fraction of sp³-hybridized carbons (Fsp3) is 0.435. The minimum Gasteiger partial charge on any atom is -0.497 e. The highest BCUT2D eigenvalue weighted by Crippen LogP contribution is 2.36. The minimum atomic E-state index is -0.603. The number of azide groups is 1. The van der Waals surface area contributed by atoms with Gasteiger partial charge in [0.1, 0.15) is 23.4 Å². The average Bonchev–Trinajstić information content (AvgIpc) is 2.84. The summed E-state index contributed by atoms with van der Waals surface area (Å²) in [5.41, 5.74) is 10.00. The lowest BCUT2D eigenvalue weighted by Crippen LogP contribution is -2.56. The smallest absolute Gasteiger partial charge is 0.338 e. The zero-order valence-electron chi connectivity index (χ0n) is 18.3. The van der Waals surface area contributed by atoms with E-state index in [1.165, 1.54) is 11.8 Å². The molecule has 0 N–H and O–H groups in total. The molecule has 1 aliphatic heterocycles. The second-order valence-electron chi connectivity index (χ2n) is 7.41. The van der Waals surface area contributed by atoms with Gasteiger partial charge in [-0.05, 0) is 41.6 Å². The van der Waals surface area contributed by atoms with Gasteiger partial charge in [-0.2, -0.15) is 0 Å². The predicted molar refractivity (Wildman–Crippen MR) is 123 cm³/mol. The third kappa shape index (κ3) is 5.95. The molecule has 32 heavy (non-hydrogen) atoms. The number of rotatable bonds is 9. The summed E-state index contributed by atoms with van der Waals surface area (Å²) < 4.78 is 23.6. The number of ether oxygens (including phenoxy) is 4. The van der Waals surface area contributed by atoms with Crippen LogP contribution in [0.5, 0.6) is 5.75 Å². The summed E-state index contributed by atoms with van der Waals surface area (Å²) in [5, 5.41) is 3.70. The molecule has 0 spiro atoms. The highest BCUT2D eigenvalue weighted by molar-refractivity contribution is 7.99. The van der Waals surface area contributed by atoms with E-state index in [2.05, 4.69) is 10.0 Å². The first-order valence-electron chi connectivity index (χ1n) is 10.3. The maximum absolute atomic E-state index is 12.8. The molecule has 0 saturated carbocycles. The van der Waals surface area contributed by atoms with Crippen molar-refractivity contribution in [2.75, 3.05) is 19.9 Å². The molecule has 0 amide bonds. The van der Waals surface area contributed by atoms with Crippen LogP contribution in [0.2, 0.25) is 0 Å². The summed E-state index contributed by atoms with van der Waals surface area (Å²) in [5.74, 6) is 0.188. The van der Waals surface area contributed by atoms with E-state index in [1.54, 1.807) is 31.4 Å². The van der Waals surface area contributed by atoms with Gasteiger partial charge in [-0.15, -0.1) is 11.8 Å². The molecule has 2 aromatic carbocycles. The van der Waals surface area contributed by atoms with Crippen LogP contribution in [-0.2, 0) is 20.8 Å². The third-order valence-electron chi connectivity index (χ3n) is 5.36. The Labute approximate surface area is 191 Å². The van der Waals surface area contributed by atoms with Gasteiger partial charge in [-0.1, -0.05) is 42.4 Å². The Hall–Kier alpha value is -2.71. The Morgan fingerprint density at radius 1 is 1.16 bits per heavy atom. The minimum absolute atomic E-state index is 0.0763. The molecule has 9 heteroatoms. The number of benzene rings is 2. The molecule has 2 aromatic rings. The van der Waals surface area contributed by atoms with E-state index in [0.717, 1.165) is 11.3 Å². The first-order valence-corrected chi connectivity index (χ1v) is 11.6. The SMILES string of the molecule is COc1ccc(CO[C@H]2C(CN=[N+]=[N-])O[C@@H](SC)C(C)[C@H]2OC(=O)c2ccccc2)cc1. The summed E-state index contributed by atoms with van der Waals surface area (Å²) in [6.07, 6.45) is 0.200. The van der Waals surface area contributed by atoms with Crippen LogP contribution in [0, 0.1) is 5.92 Å². The van der Waals surface area contributed by atoms with Gasteiger partial charge in [-0.25, -0.2) is 4.79 Å². The van der Waals surface area contributed by atoms with Crippen LogP contribution >= 0.6 is 11.8 Å². The molecule has 170 valence electrons. The van der Waals surface area contributed by atoms with Crippen LogP contribution in [0.25, 0.3) is 10.4 Å². The Morgan fingerprint density at radius 3 is 2.50 bits per heavy atom. The largest absolute Gasteiger partial charge is 0.497 e. The maximum atomic E-state index is 12.8. The molecule has 0 aromatic heterocycles. The molecule has 8 nitrogen and oxygen atoms in total. The van der Waals surface area contributed by atoms with Gasteiger partial charge in [0.2, 0.25) is 0 Å². The molecule has 5 atom stereocenters. The van der Waals surface area contributed by atoms with Gasteiger partial charge in [0, 0.05) is 10.8 Å². The van der Waals surface area contributed by atoms with Crippen molar-refractivity contribution in [3.05, 3.63) is 76.2 Å². The van der Waals surface area contributed by atoms with Crippen LogP contribution in [0.3, 0.4) is 0 Å². The molecule has 0 aliphatic carbocycles. The number of methoxy groups -OCH3 is 1. The van der Waals surface area contributed by atoms with E-state index in [0.29, 0.717) is 5.56 Å². The van der Waals surface area contributed by atoms with Crippen molar-refractivity contribution in [2.24, 2.45) is 11.0 Å². The number of esters is 1. The normalized spacial score (nSPS) is 24.9. The lowest BCUT2D eigenvalue weighted by Gasteiger charge is -2.44. The van der Waals surface area contributed by atoms with Crippen molar-refractivity contribution in [1.29, 1.82) is 0 Å². The summed E-state index contributed by atoms with van der Waals surface area (Å²) in [7, 11) is 1.61. The quantitative estimate of drug-likeness (QED) is 0.231. The maximum Gasteiger partial charge on any atom is 0.338 e. The van der Waals surface area contributed by atoms with Crippen LogP contribution in [0.4, 0.5) is 0 Å². The van der Waals surface area contributed by atoms with Gasteiger partial charge < -0.3 is 18.9 Å². The lowest BCUT2D eigenvalue weighted by molar-refractivity contribution is -0.192. The van der Waals surface area contributed by atoms with Crippen molar-refractivity contribution < 1.29 is 23.7 Å². The standard InChI is InChI=1S/C23H27N3O5S/c1-15-20(31-22(27)17-7-5-4-6-8-17)21(19(13-25-26-24)30-23(15)32-3)29-14-16-9-11-18(28-2)12-10-16/h4-12,15,19-21,23H,13-14H2,1-3H3/t15?,19?,20-,21+,23+/m1/s1. The highest BCUT2D eigenvalue weighted by atomic mass is 32.2. The van der Waals surface area contributed by atoms with Crippen molar-refractivity contribution in [1.82, 2.24) is 0 Å². The van der Waals surface area contributed by atoms with Crippen molar-refractivity contribution >= 4 is 17.7 Å². The topological polar surface area (TPSA) is 103 Å². The van der Waals surface area contributed by atoms with Gasteiger partial charge in [0.25, 0.3) is 0 Å². The first-order chi connectivity index (χ1) is 15.6. The number of nitrogens with zero attached hydrogens (tertiary/aromatic N) is 3. The number of hydrogen-bond donors (Lipinski definition) is 0. The molecule has 1 aliphatic rings. The zero-order valence-corrected chi connectivity index (χ0v) is 19.1. The zero-order chi connectivity index (χ0) is 22.9. The second kappa shape index (κ2) is 11.8. The molecule has 0 bridgehead atoms. The summed E-state index contributed by atoms with van der Waals surface area (Å²) in [6.45, 7) is 2.32. The lowest BCUT2D eigenvalue weighted by atomic mass is 9.92. The summed E-state index contributed by atoms with van der Waals surface area (Å²) >= 11 is 1.52. The molecular formula is C23H27N3O5S. The third-order valence-corrected chi connectivity index (χ3v) is 6.36. The highest BCUT2D eigenvalue weighted by Gasteiger charge is 2.46. The van der Waals surface area contributed by atoms with Crippen molar-refractivity contribution in [2.45, 2.75) is 37.3 Å². The fourth-order valence-corrected chi connectivity index (χ4v) is 4.47. The molecule has 2 unspecified atom stereocenters. The number of carbonyl (C=O) groups excluding carboxylic acids is 1. The van der Waals surface area contributed by atoms with Gasteiger partial charge in [-0.3, -0.25) is 0 Å². The van der Waals surface area contributed by atoms with E-state index in [4.69, 9.17) is 24.5 Å². The second-order valence-corrected chi connectivity index (χ2v) is 8.35. The van der Waals surface area contributed by atoms with Crippen LogP contribution < -0.4 is 4.74 Å². The van der Waals surface area contributed by atoms with Gasteiger partial charge in [0.15, 0.2) is 0 Å². The molecular weight excluding hydrogens is 430 g/mol. The summed E-state index contributed by atoms with van der Waals surface area (Å²) in [4.78, 5) is 15.7. The van der Waals surface area contributed by atoms with E-state index in [-0.39, 0.29) is 24.5 Å². The Balaban J connectivity index is 1.83. The average molecular weight is 458 g/mol. The molecule has 1 fully saturated rings.